The molecule has 1 aromatic rings. The predicted octanol–water partition coefficient (Wildman–Crippen LogP) is 0.0467. The van der Waals surface area contributed by atoms with Crippen LogP contribution in [0.4, 0.5) is 10.6 Å². The van der Waals surface area contributed by atoms with Gasteiger partial charge >= 0.3 is 6.09 Å². The highest BCUT2D eigenvalue weighted by molar-refractivity contribution is 5.83. The largest absolute Gasteiger partial charge is 0.453 e. The maximum atomic E-state index is 10.7. The van der Waals surface area contributed by atoms with Gasteiger partial charge in [0.15, 0.2) is 0 Å². The molecule has 0 aliphatic heterocycles. The highest BCUT2D eigenvalue weighted by Crippen LogP contribution is 2.09. The van der Waals surface area contributed by atoms with Gasteiger partial charge in [0.1, 0.15) is 5.82 Å². The Morgan fingerprint density at radius 3 is 3.25 bits per heavy atom. The molecular formula is C6H10N4O2. The summed E-state index contributed by atoms with van der Waals surface area (Å²) in [7, 11) is 1.29. The molecule has 1 amide bonds. The smallest absolute Gasteiger partial charge is 0.412 e. The summed E-state index contributed by atoms with van der Waals surface area (Å²) in [5, 5.41) is 8.72. The monoisotopic (exact) mass is 170 g/mol. The van der Waals surface area contributed by atoms with Crippen LogP contribution in [0.2, 0.25) is 0 Å². The molecule has 0 bridgehead atoms. The molecule has 4 N–H and O–H groups in total. The molecule has 0 aliphatic rings. The zero-order valence-electron chi connectivity index (χ0n) is 6.63. The van der Waals surface area contributed by atoms with Crippen molar-refractivity contribution in [3.63, 3.8) is 0 Å². The lowest BCUT2D eigenvalue weighted by atomic mass is 10.3. The first-order valence-electron chi connectivity index (χ1n) is 3.35. The molecule has 6 nitrogen and oxygen atoms in total. The van der Waals surface area contributed by atoms with Gasteiger partial charge in [0, 0.05) is 12.1 Å². The lowest BCUT2D eigenvalue weighted by Crippen LogP contribution is -2.13. The molecule has 66 valence electrons. The predicted molar refractivity (Wildman–Crippen MR) is 42.5 cm³/mol. The van der Waals surface area contributed by atoms with Gasteiger partial charge in [-0.2, -0.15) is 5.10 Å². The van der Waals surface area contributed by atoms with Crippen LogP contribution in [0, 0.1) is 0 Å². The first-order valence-corrected chi connectivity index (χ1v) is 3.35. The highest BCUT2D eigenvalue weighted by Gasteiger charge is 2.06. The zero-order valence-corrected chi connectivity index (χ0v) is 6.63. The number of nitrogens with one attached hydrogen (secondary N) is 2. The number of hydrogen-bond acceptors (Lipinski definition) is 4. The average molecular weight is 170 g/mol. The van der Waals surface area contributed by atoms with E-state index in [0.29, 0.717) is 12.4 Å². The normalized spacial score (nSPS) is 9.50. The fourth-order valence-electron chi connectivity index (χ4n) is 0.727. The molecule has 6 heteroatoms. The van der Waals surface area contributed by atoms with Gasteiger partial charge in [-0.05, 0) is 0 Å². The number of anilines is 1. The van der Waals surface area contributed by atoms with Crippen molar-refractivity contribution in [3.8, 4) is 0 Å². The summed E-state index contributed by atoms with van der Waals surface area (Å²) in [6.45, 7) is 0.315. The Kier molecular flexibility index (Phi) is 2.65. The SMILES string of the molecule is COC(=O)Nc1[nH]ncc1CN. The molecule has 1 aromatic heterocycles. The maximum Gasteiger partial charge on any atom is 0.412 e. The molecule has 1 rings (SSSR count). The molecule has 0 atom stereocenters. The topological polar surface area (TPSA) is 93.0 Å². The number of nitrogens with zero attached hydrogens (tertiary/aromatic N) is 1. The minimum Gasteiger partial charge on any atom is -0.453 e. The highest BCUT2D eigenvalue weighted by atomic mass is 16.5. The minimum absolute atomic E-state index is 0.315. The van der Waals surface area contributed by atoms with Crippen molar-refractivity contribution < 1.29 is 9.53 Å². The molecule has 0 aliphatic carbocycles. The fourth-order valence-corrected chi connectivity index (χ4v) is 0.727. The Balaban J connectivity index is 2.68. The number of rotatable bonds is 2. The summed E-state index contributed by atoms with van der Waals surface area (Å²) in [5.74, 6) is 0.476. The van der Waals surface area contributed by atoms with Gasteiger partial charge in [0.05, 0.1) is 13.3 Å². The van der Waals surface area contributed by atoms with Gasteiger partial charge in [-0.1, -0.05) is 0 Å². The molecule has 0 aromatic carbocycles. The summed E-state index contributed by atoms with van der Waals surface area (Å²) in [4.78, 5) is 10.7. The number of aromatic amines is 1. The Labute approximate surface area is 69.1 Å². The van der Waals surface area contributed by atoms with Crippen molar-refractivity contribution in [2.24, 2.45) is 5.73 Å². The lowest BCUT2D eigenvalue weighted by Gasteiger charge is -2.01. The molecular weight excluding hydrogens is 160 g/mol. The lowest BCUT2D eigenvalue weighted by molar-refractivity contribution is 0.187. The summed E-state index contributed by atoms with van der Waals surface area (Å²) >= 11 is 0. The van der Waals surface area contributed by atoms with Gasteiger partial charge in [-0.15, -0.1) is 0 Å². The van der Waals surface area contributed by atoms with Crippen LogP contribution in [-0.4, -0.2) is 23.4 Å². The minimum atomic E-state index is -0.547. The summed E-state index contributed by atoms with van der Waals surface area (Å²) < 4.78 is 4.38. The quantitative estimate of drug-likeness (QED) is 0.584. The Morgan fingerprint density at radius 2 is 2.67 bits per heavy atom. The molecule has 0 saturated heterocycles. The van der Waals surface area contributed by atoms with Crippen LogP contribution in [0.3, 0.4) is 0 Å². The van der Waals surface area contributed by atoms with Gasteiger partial charge in [0.2, 0.25) is 0 Å². The van der Waals surface area contributed by atoms with Crippen molar-refractivity contribution in [1.29, 1.82) is 0 Å². The second-order valence-electron chi connectivity index (χ2n) is 2.09. The molecule has 12 heavy (non-hydrogen) atoms. The first kappa shape index (κ1) is 8.54. The van der Waals surface area contributed by atoms with Gasteiger partial charge in [-0.25, -0.2) is 4.79 Å². The standard InChI is InChI=1S/C6H10N4O2/c1-12-6(11)9-5-4(2-7)3-8-10-5/h3H,2,7H2,1H3,(H2,8,9,10,11). The summed E-state index contributed by atoms with van der Waals surface area (Å²) in [6.07, 6.45) is 1.000. The Hall–Kier alpha value is -1.56. The van der Waals surface area contributed by atoms with E-state index in [0.717, 1.165) is 5.56 Å². The average Bonchev–Trinajstić information content (AvgIpc) is 2.51. The van der Waals surface area contributed by atoms with Crippen molar-refractivity contribution in [2.45, 2.75) is 6.54 Å². The van der Waals surface area contributed by atoms with Crippen LogP contribution in [-0.2, 0) is 11.3 Å². The van der Waals surface area contributed by atoms with E-state index in [1.165, 1.54) is 7.11 Å². The fraction of sp³-hybridized carbons (Fsp3) is 0.333. The van der Waals surface area contributed by atoms with Crippen LogP contribution in [0.1, 0.15) is 5.56 Å². The van der Waals surface area contributed by atoms with Crippen LogP contribution < -0.4 is 11.1 Å². The second-order valence-corrected chi connectivity index (χ2v) is 2.09. The van der Waals surface area contributed by atoms with E-state index in [9.17, 15) is 4.79 Å². The first-order chi connectivity index (χ1) is 5.77. The van der Waals surface area contributed by atoms with E-state index in [2.05, 4.69) is 20.3 Å². The molecule has 1 heterocycles. The van der Waals surface area contributed by atoms with E-state index in [4.69, 9.17) is 5.73 Å². The number of ether oxygens (including phenoxy) is 1. The van der Waals surface area contributed by atoms with Crippen molar-refractivity contribution in [3.05, 3.63) is 11.8 Å². The molecule has 0 saturated carbocycles. The maximum absolute atomic E-state index is 10.7. The number of carbonyl (C=O) groups excluding carboxylic acids is 1. The van der Waals surface area contributed by atoms with E-state index in [1.54, 1.807) is 6.20 Å². The number of amides is 1. The number of carbonyl (C=O) groups is 1. The van der Waals surface area contributed by atoms with Crippen molar-refractivity contribution in [2.75, 3.05) is 12.4 Å². The van der Waals surface area contributed by atoms with Crippen LogP contribution >= 0.6 is 0 Å². The van der Waals surface area contributed by atoms with Gasteiger partial charge < -0.3 is 10.5 Å². The summed E-state index contributed by atoms with van der Waals surface area (Å²) in [5.41, 5.74) is 6.10. The van der Waals surface area contributed by atoms with E-state index < -0.39 is 6.09 Å². The van der Waals surface area contributed by atoms with E-state index in [1.807, 2.05) is 0 Å². The third-order valence-corrected chi connectivity index (χ3v) is 1.35. The zero-order chi connectivity index (χ0) is 8.97. The van der Waals surface area contributed by atoms with Crippen LogP contribution in [0.5, 0.6) is 0 Å². The molecule has 0 radical (unpaired) electrons. The number of hydrogen-bond donors (Lipinski definition) is 3. The summed E-state index contributed by atoms with van der Waals surface area (Å²) in [6, 6.07) is 0. The van der Waals surface area contributed by atoms with Gasteiger partial charge in [0.25, 0.3) is 0 Å². The molecule has 0 spiro atoms. The molecule has 0 unspecified atom stereocenters. The number of aromatic nitrogens is 2. The van der Waals surface area contributed by atoms with Crippen molar-refractivity contribution >= 4 is 11.9 Å². The van der Waals surface area contributed by atoms with Crippen LogP contribution in [0.25, 0.3) is 0 Å². The third-order valence-electron chi connectivity index (χ3n) is 1.35. The van der Waals surface area contributed by atoms with Gasteiger partial charge in [-0.3, -0.25) is 10.4 Å². The molecule has 0 fully saturated rings. The number of methoxy groups -OCH3 is 1. The third kappa shape index (κ3) is 1.73. The Morgan fingerprint density at radius 1 is 1.92 bits per heavy atom. The van der Waals surface area contributed by atoms with E-state index in [-0.39, 0.29) is 0 Å². The number of H-pyrrole nitrogens is 1. The van der Waals surface area contributed by atoms with Crippen LogP contribution in [0.15, 0.2) is 6.20 Å². The van der Waals surface area contributed by atoms with Crippen molar-refractivity contribution in [1.82, 2.24) is 10.2 Å². The Bertz CT molecular complexity index is 270. The van der Waals surface area contributed by atoms with E-state index >= 15 is 0 Å². The number of nitrogens with two attached hydrogens (primary N) is 1. The second kappa shape index (κ2) is 3.72.